The Morgan fingerprint density at radius 1 is 1.00 bits per heavy atom. The summed E-state index contributed by atoms with van der Waals surface area (Å²) in [7, 11) is 0. The van der Waals surface area contributed by atoms with E-state index in [-0.39, 0.29) is 24.2 Å². The molecule has 0 aliphatic heterocycles. The van der Waals surface area contributed by atoms with Gasteiger partial charge in [0.1, 0.15) is 11.6 Å². The molecular weight excluding hydrogens is 427 g/mol. The van der Waals surface area contributed by atoms with Crippen molar-refractivity contribution in [3.63, 3.8) is 0 Å². The highest BCUT2D eigenvalue weighted by Crippen LogP contribution is 2.17. The molecule has 162 valence electrons. The predicted octanol–water partition coefficient (Wildman–Crippen LogP) is 4.24. The number of carbonyl (C=O) groups is 2. The van der Waals surface area contributed by atoms with Crippen molar-refractivity contribution in [2.45, 2.75) is 20.0 Å². The molecule has 0 unspecified atom stereocenters. The zero-order valence-electron chi connectivity index (χ0n) is 17.3. The number of carbonyl (C=O) groups excluding carboxylic acids is 2. The molecule has 0 aliphatic carbocycles. The summed E-state index contributed by atoms with van der Waals surface area (Å²) in [4.78, 5) is 29.2. The number of aromatic nitrogens is 2. The van der Waals surface area contributed by atoms with E-state index in [9.17, 15) is 14.0 Å². The predicted molar refractivity (Wildman–Crippen MR) is 121 cm³/mol. The Balaban J connectivity index is 1.31. The zero-order chi connectivity index (χ0) is 22.5. The molecule has 0 atom stereocenters. The van der Waals surface area contributed by atoms with Gasteiger partial charge in [-0.15, -0.1) is 11.3 Å². The topological polar surface area (TPSA) is 76.0 Å². The minimum Gasteiger partial charge on any atom is -0.348 e. The monoisotopic (exact) mass is 448 g/mol. The number of hydrogen-bond donors (Lipinski definition) is 2. The molecule has 32 heavy (non-hydrogen) atoms. The van der Waals surface area contributed by atoms with Crippen molar-refractivity contribution >= 4 is 23.2 Å². The van der Waals surface area contributed by atoms with Crippen LogP contribution in [0.3, 0.4) is 0 Å². The second-order valence-corrected chi connectivity index (χ2v) is 8.12. The van der Waals surface area contributed by atoms with Gasteiger partial charge in [0.25, 0.3) is 11.8 Å². The lowest BCUT2D eigenvalue weighted by Gasteiger charge is -2.10. The van der Waals surface area contributed by atoms with Gasteiger partial charge in [0.15, 0.2) is 0 Å². The van der Waals surface area contributed by atoms with Gasteiger partial charge in [0.2, 0.25) is 0 Å². The highest BCUT2D eigenvalue weighted by molar-refractivity contribution is 7.12. The molecule has 0 spiro atoms. The molecule has 2 aromatic heterocycles. The number of benzene rings is 2. The summed E-state index contributed by atoms with van der Waals surface area (Å²) in [6, 6.07) is 15.5. The molecule has 0 bridgehead atoms. The first-order chi connectivity index (χ1) is 15.5. The van der Waals surface area contributed by atoms with Crippen LogP contribution in [0.4, 0.5) is 4.39 Å². The van der Waals surface area contributed by atoms with Gasteiger partial charge in [-0.2, -0.15) is 0 Å². The van der Waals surface area contributed by atoms with Crippen molar-refractivity contribution in [3.05, 3.63) is 106 Å². The van der Waals surface area contributed by atoms with E-state index in [1.165, 1.54) is 17.4 Å². The van der Waals surface area contributed by atoms with Crippen molar-refractivity contribution < 1.29 is 14.0 Å². The highest BCUT2D eigenvalue weighted by atomic mass is 32.1. The molecular formula is C24H21FN4O2S. The van der Waals surface area contributed by atoms with Gasteiger partial charge in [0.05, 0.1) is 10.6 Å². The molecule has 0 saturated carbocycles. The molecule has 0 saturated heterocycles. The fraction of sp³-hybridized carbons (Fsp3) is 0.125. The van der Waals surface area contributed by atoms with Crippen LogP contribution >= 0.6 is 11.3 Å². The van der Waals surface area contributed by atoms with Gasteiger partial charge in [-0.05, 0) is 53.8 Å². The van der Waals surface area contributed by atoms with Gasteiger partial charge in [-0.25, -0.2) is 9.37 Å². The third kappa shape index (κ3) is 4.92. The standard InChI is InChI=1S/C24H21FN4O2S/c1-16-26-10-11-29(16)21-9-6-18(13-20(21)25)15-27-23(30)19-7-4-17(5-8-19)14-28-24(31)22-3-2-12-32-22/h2-13H,14-15H2,1H3,(H,27,30)(H,28,31). The van der Waals surface area contributed by atoms with Crippen LogP contribution < -0.4 is 10.6 Å². The number of halogens is 1. The Hall–Kier alpha value is -3.78. The first-order valence-electron chi connectivity index (χ1n) is 9.99. The number of aryl methyl sites for hydroxylation is 1. The van der Waals surface area contributed by atoms with Crippen molar-refractivity contribution in [2.75, 3.05) is 0 Å². The van der Waals surface area contributed by atoms with Crippen LogP contribution in [0, 0.1) is 12.7 Å². The van der Waals surface area contributed by atoms with E-state index in [1.54, 1.807) is 66.3 Å². The van der Waals surface area contributed by atoms with Crippen LogP contribution in [0.25, 0.3) is 5.69 Å². The van der Waals surface area contributed by atoms with Crippen LogP contribution in [0.5, 0.6) is 0 Å². The summed E-state index contributed by atoms with van der Waals surface area (Å²) in [5, 5.41) is 7.51. The molecule has 4 aromatic rings. The maximum Gasteiger partial charge on any atom is 0.261 e. The number of thiophene rings is 1. The molecule has 2 aromatic carbocycles. The van der Waals surface area contributed by atoms with E-state index in [2.05, 4.69) is 15.6 Å². The lowest BCUT2D eigenvalue weighted by Crippen LogP contribution is -2.23. The summed E-state index contributed by atoms with van der Waals surface area (Å²) >= 11 is 1.39. The normalized spacial score (nSPS) is 10.7. The molecule has 0 radical (unpaired) electrons. The Morgan fingerprint density at radius 3 is 2.38 bits per heavy atom. The summed E-state index contributed by atoms with van der Waals surface area (Å²) in [6.45, 7) is 2.38. The maximum atomic E-state index is 14.5. The summed E-state index contributed by atoms with van der Waals surface area (Å²) < 4.78 is 16.2. The SMILES string of the molecule is Cc1nccn1-c1ccc(CNC(=O)c2ccc(CNC(=O)c3cccs3)cc2)cc1F. The van der Waals surface area contributed by atoms with Crippen LogP contribution in [-0.4, -0.2) is 21.4 Å². The van der Waals surface area contributed by atoms with Crippen molar-refractivity contribution in [3.8, 4) is 5.69 Å². The minimum absolute atomic E-state index is 0.122. The minimum atomic E-state index is -0.383. The quantitative estimate of drug-likeness (QED) is 0.444. The van der Waals surface area contributed by atoms with Crippen LogP contribution in [0.2, 0.25) is 0 Å². The van der Waals surface area contributed by atoms with Crippen LogP contribution in [-0.2, 0) is 13.1 Å². The average Bonchev–Trinajstić information content (AvgIpc) is 3.48. The van der Waals surface area contributed by atoms with Gasteiger partial charge >= 0.3 is 0 Å². The molecule has 0 fully saturated rings. The van der Waals surface area contributed by atoms with E-state index in [1.807, 2.05) is 11.4 Å². The molecule has 8 heteroatoms. The van der Waals surface area contributed by atoms with E-state index in [4.69, 9.17) is 0 Å². The van der Waals surface area contributed by atoms with Gasteiger partial charge in [-0.3, -0.25) is 9.59 Å². The lowest BCUT2D eigenvalue weighted by molar-refractivity contribution is 0.0943. The smallest absolute Gasteiger partial charge is 0.261 e. The Morgan fingerprint density at radius 2 is 1.72 bits per heavy atom. The number of nitrogens with one attached hydrogen (secondary N) is 2. The first-order valence-corrected chi connectivity index (χ1v) is 10.9. The number of amides is 2. The number of nitrogens with zero attached hydrogens (tertiary/aromatic N) is 2. The van der Waals surface area contributed by atoms with Crippen molar-refractivity contribution in [2.24, 2.45) is 0 Å². The van der Waals surface area contributed by atoms with Crippen molar-refractivity contribution in [1.29, 1.82) is 0 Å². The Bertz CT molecular complexity index is 1230. The first kappa shape index (κ1) is 21.5. The fourth-order valence-electron chi connectivity index (χ4n) is 3.22. The summed E-state index contributed by atoms with van der Waals surface area (Å²) in [6.07, 6.45) is 3.32. The molecule has 2 N–H and O–H groups in total. The second-order valence-electron chi connectivity index (χ2n) is 7.17. The number of imidazole rings is 1. The summed E-state index contributed by atoms with van der Waals surface area (Å²) in [5.41, 5.74) is 2.45. The largest absolute Gasteiger partial charge is 0.348 e. The summed E-state index contributed by atoms with van der Waals surface area (Å²) in [5.74, 6) is -0.0661. The molecule has 0 aliphatic rings. The number of hydrogen-bond acceptors (Lipinski definition) is 4. The van der Waals surface area contributed by atoms with E-state index < -0.39 is 0 Å². The highest BCUT2D eigenvalue weighted by Gasteiger charge is 2.10. The Kier molecular flexibility index (Phi) is 6.42. The second kappa shape index (κ2) is 9.57. The van der Waals surface area contributed by atoms with E-state index in [0.29, 0.717) is 34.1 Å². The van der Waals surface area contributed by atoms with E-state index >= 15 is 0 Å². The third-order valence-electron chi connectivity index (χ3n) is 4.96. The lowest BCUT2D eigenvalue weighted by atomic mass is 10.1. The molecule has 2 heterocycles. The van der Waals surface area contributed by atoms with Gasteiger partial charge < -0.3 is 15.2 Å². The zero-order valence-corrected chi connectivity index (χ0v) is 18.2. The number of rotatable bonds is 7. The maximum absolute atomic E-state index is 14.5. The average molecular weight is 449 g/mol. The molecule has 6 nitrogen and oxygen atoms in total. The Labute approximate surface area is 188 Å². The van der Waals surface area contributed by atoms with E-state index in [0.717, 1.165) is 5.56 Å². The van der Waals surface area contributed by atoms with Crippen LogP contribution in [0.15, 0.2) is 72.4 Å². The third-order valence-corrected chi connectivity index (χ3v) is 5.83. The molecule has 4 rings (SSSR count). The fourth-order valence-corrected chi connectivity index (χ4v) is 3.86. The van der Waals surface area contributed by atoms with Gasteiger partial charge in [-0.1, -0.05) is 24.3 Å². The van der Waals surface area contributed by atoms with Crippen LogP contribution in [0.1, 0.15) is 37.0 Å². The van der Waals surface area contributed by atoms with Gasteiger partial charge in [0, 0.05) is 31.0 Å². The molecule has 2 amide bonds. The van der Waals surface area contributed by atoms with Crippen molar-refractivity contribution in [1.82, 2.24) is 20.2 Å².